The summed E-state index contributed by atoms with van der Waals surface area (Å²) in [6.45, 7) is 4.50. The van der Waals surface area contributed by atoms with Gasteiger partial charge in [-0.25, -0.2) is 0 Å². The van der Waals surface area contributed by atoms with Crippen LogP contribution in [0.2, 0.25) is 0 Å². The van der Waals surface area contributed by atoms with Gasteiger partial charge in [-0.15, -0.1) is 0 Å². The molecule has 4 aliphatic rings. The van der Waals surface area contributed by atoms with E-state index in [1.807, 2.05) is 13.8 Å². The normalized spacial score (nSPS) is 44.3. The van der Waals surface area contributed by atoms with E-state index in [0.717, 1.165) is 24.2 Å². The van der Waals surface area contributed by atoms with Crippen molar-refractivity contribution in [3.8, 4) is 0 Å². The Hall–Kier alpha value is -0.0800. The van der Waals surface area contributed by atoms with Crippen LogP contribution in [-0.4, -0.2) is 17.3 Å². The van der Waals surface area contributed by atoms with Crippen LogP contribution in [-0.2, 0) is 0 Å². The highest BCUT2D eigenvalue weighted by atomic mass is 16.3. The molecule has 0 heterocycles. The molecular formula is C16H29NO. The van der Waals surface area contributed by atoms with Crippen molar-refractivity contribution in [1.82, 2.24) is 0 Å². The fraction of sp³-hybridized carbons (Fsp3) is 1.00. The van der Waals surface area contributed by atoms with E-state index in [4.69, 9.17) is 5.73 Å². The Kier molecular flexibility index (Phi) is 3.02. The van der Waals surface area contributed by atoms with Crippen molar-refractivity contribution in [1.29, 1.82) is 0 Å². The Balaban J connectivity index is 1.75. The molecule has 4 bridgehead atoms. The van der Waals surface area contributed by atoms with Gasteiger partial charge in [0, 0.05) is 0 Å². The van der Waals surface area contributed by atoms with Gasteiger partial charge in [0.05, 0.1) is 5.60 Å². The van der Waals surface area contributed by atoms with E-state index in [-0.39, 0.29) is 5.92 Å². The molecule has 0 aromatic heterocycles. The summed E-state index contributed by atoms with van der Waals surface area (Å²) < 4.78 is 0. The van der Waals surface area contributed by atoms with Crippen molar-refractivity contribution < 1.29 is 5.11 Å². The molecule has 0 saturated heterocycles. The zero-order valence-corrected chi connectivity index (χ0v) is 12.0. The summed E-state index contributed by atoms with van der Waals surface area (Å²) in [6.07, 6.45) is 9.92. The maximum absolute atomic E-state index is 10.3. The van der Waals surface area contributed by atoms with Gasteiger partial charge in [-0.3, -0.25) is 0 Å². The molecule has 1 unspecified atom stereocenters. The lowest BCUT2D eigenvalue weighted by atomic mass is 9.47. The molecule has 0 radical (unpaired) electrons. The highest BCUT2D eigenvalue weighted by Crippen LogP contribution is 2.62. The van der Waals surface area contributed by atoms with E-state index in [2.05, 4.69) is 0 Å². The van der Waals surface area contributed by atoms with Crippen LogP contribution in [0.1, 0.15) is 58.8 Å². The lowest BCUT2D eigenvalue weighted by molar-refractivity contribution is -0.0868. The second-order valence-corrected chi connectivity index (χ2v) is 8.21. The van der Waals surface area contributed by atoms with Crippen molar-refractivity contribution in [3.05, 3.63) is 0 Å². The first kappa shape index (κ1) is 12.9. The Morgan fingerprint density at radius 3 is 1.89 bits per heavy atom. The molecule has 4 fully saturated rings. The molecule has 0 spiro atoms. The number of aliphatic hydroxyl groups is 1. The van der Waals surface area contributed by atoms with Gasteiger partial charge in [-0.05, 0) is 94.4 Å². The van der Waals surface area contributed by atoms with Crippen LogP contribution < -0.4 is 5.73 Å². The summed E-state index contributed by atoms with van der Waals surface area (Å²) in [5, 5.41) is 10.3. The molecule has 104 valence electrons. The minimum absolute atomic E-state index is 0.272. The first-order valence-corrected chi connectivity index (χ1v) is 7.83. The second kappa shape index (κ2) is 4.21. The molecule has 0 amide bonds. The highest BCUT2D eigenvalue weighted by Gasteiger charge is 2.52. The first-order valence-electron chi connectivity index (χ1n) is 7.83. The molecule has 0 aliphatic heterocycles. The molecule has 0 aromatic rings. The van der Waals surface area contributed by atoms with Crippen molar-refractivity contribution in [2.75, 3.05) is 6.54 Å². The van der Waals surface area contributed by atoms with Crippen LogP contribution in [0, 0.1) is 29.1 Å². The van der Waals surface area contributed by atoms with Crippen LogP contribution in [0.15, 0.2) is 0 Å². The van der Waals surface area contributed by atoms with E-state index in [9.17, 15) is 5.11 Å². The van der Waals surface area contributed by atoms with Crippen LogP contribution in [0.4, 0.5) is 0 Å². The van der Waals surface area contributed by atoms with Gasteiger partial charge in [0.25, 0.3) is 0 Å². The van der Waals surface area contributed by atoms with Gasteiger partial charge in [-0.1, -0.05) is 0 Å². The third-order valence-corrected chi connectivity index (χ3v) is 6.13. The van der Waals surface area contributed by atoms with E-state index in [0.29, 0.717) is 12.0 Å². The molecule has 4 saturated carbocycles. The molecular weight excluding hydrogens is 222 g/mol. The van der Waals surface area contributed by atoms with Crippen molar-refractivity contribution >= 4 is 0 Å². The van der Waals surface area contributed by atoms with E-state index in [1.165, 1.54) is 38.5 Å². The van der Waals surface area contributed by atoms with Gasteiger partial charge >= 0.3 is 0 Å². The standard InChI is InChI=1S/C16H29NO/c1-15(2,18)14(10-17)9-16-6-11-3-12(7-16)5-13(4-11)8-16/h11-14,18H,3-10,17H2,1-2H3. The molecule has 1 atom stereocenters. The molecule has 18 heavy (non-hydrogen) atoms. The topological polar surface area (TPSA) is 46.2 Å². The summed E-state index contributed by atoms with van der Waals surface area (Å²) in [5.41, 5.74) is 5.86. The fourth-order valence-electron chi connectivity index (χ4n) is 5.68. The third kappa shape index (κ3) is 2.22. The monoisotopic (exact) mass is 251 g/mol. The average Bonchev–Trinajstić information content (AvgIpc) is 2.22. The number of nitrogens with two attached hydrogens (primary N) is 1. The number of hydrogen-bond donors (Lipinski definition) is 2. The minimum Gasteiger partial charge on any atom is -0.390 e. The molecule has 2 nitrogen and oxygen atoms in total. The minimum atomic E-state index is -0.613. The molecule has 4 aliphatic carbocycles. The lowest BCUT2D eigenvalue weighted by Crippen LogP contribution is -2.49. The molecule has 0 aromatic carbocycles. The van der Waals surface area contributed by atoms with Gasteiger partial charge in [0.2, 0.25) is 0 Å². The summed E-state index contributed by atoms with van der Waals surface area (Å²) in [7, 11) is 0. The Labute approximate surface area is 111 Å². The number of rotatable bonds is 4. The van der Waals surface area contributed by atoms with E-state index < -0.39 is 5.60 Å². The predicted octanol–water partition coefficient (Wildman–Crippen LogP) is 2.94. The van der Waals surface area contributed by atoms with Gasteiger partial charge < -0.3 is 10.8 Å². The van der Waals surface area contributed by atoms with Crippen molar-refractivity contribution in [2.24, 2.45) is 34.8 Å². The van der Waals surface area contributed by atoms with Gasteiger partial charge in [-0.2, -0.15) is 0 Å². The maximum atomic E-state index is 10.3. The lowest BCUT2D eigenvalue weighted by Gasteiger charge is -2.58. The Morgan fingerprint density at radius 2 is 1.56 bits per heavy atom. The van der Waals surface area contributed by atoms with Crippen LogP contribution in [0.25, 0.3) is 0 Å². The first-order chi connectivity index (χ1) is 8.40. The SMILES string of the molecule is CC(C)(O)C(CN)CC12CC3CC(CC(C3)C1)C2. The molecule has 2 heteroatoms. The summed E-state index contributed by atoms with van der Waals surface area (Å²) in [5.74, 6) is 3.26. The van der Waals surface area contributed by atoms with Crippen LogP contribution >= 0.6 is 0 Å². The maximum Gasteiger partial charge on any atom is 0.0632 e. The van der Waals surface area contributed by atoms with Crippen molar-refractivity contribution in [2.45, 2.75) is 64.4 Å². The van der Waals surface area contributed by atoms with E-state index in [1.54, 1.807) is 0 Å². The fourth-order valence-corrected chi connectivity index (χ4v) is 5.68. The van der Waals surface area contributed by atoms with Crippen LogP contribution in [0.5, 0.6) is 0 Å². The summed E-state index contributed by atoms with van der Waals surface area (Å²) >= 11 is 0. The molecule has 3 N–H and O–H groups in total. The summed E-state index contributed by atoms with van der Waals surface area (Å²) in [4.78, 5) is 0. The molecule has 4 rings (SSSR count). The largest absolute Gasteiger partial charge is 0.390 e. The quantitative estimate of drug-likeness (QED) is 0.807. The van der Waals surface area contributed by atoms with E-state index >= 15 is 0 Å². The predicted molar refractivity (Wildman–Crippen MR) is 74.1 cm³/mol. The second-order valence-electron chi connectivity index (χ2n) is 8.21. The smallest absolute Gasteiger partial charge is 0.0632 e. The number of hydrogen-bond acceptors (Lipinski definition) is 2. The third-order valence-electron chi connectivity index (χ3n) is 6.13. The average molecular weight is 251 g/mol. The zero-order chi connectivity index (χ0) is 13.0. The summed E-state index contributed by atoms with van der Waals surface area (Å²) in [6, 6.07) is 0. The zero-order valence-electron chi connectivity index (χ0n) is 12.0. The van der Waals surface area contributed by atoms with Crippen LogP contribution in [0.3, 0.4) is 0 Å². The van der Waals surface area contributed by atoms with Gasteiger partial charge in [0.1, 0.15) is 0 Å². The highest BCUT2D eigenvalue weighted by molar-refractivity contribution is 5.03. The Bertz CT molecular complexity index is 282. The van der Waals surface area contributed by atoms with Gasteiger partial charge in [0.15, 0.2) is 0 Å². The Morgan fingerprint density at radius 1 is 1.11 bits per heavy atom. The van der Waals surface area contributed by atoms with Crippen molar-refractivity contribution in [3.63, 3.8) is 0 Å².